The van der Waals surface area contributed by atoms with Crippen molar-refractivity contribution in [3.8, 4) is 0 Å². The van der Waals surface area contributed by atoms with E-state index in [4.69, 9.17) is 4.74 Å². The number of nitro groups is 1. The Morgan fingerprint density at radius 1 is 1.00 bits per heavy atom. The number of benzene rings is 2. The van der Waals surface area contributed by atoms with Gasteiger partial charge in [-0.25, -0.2) is 0 Å². The Morgan fingerprint density at radius 3 is 2.38 bits per heavy atom. The molecule has 3 amide bonds. The average Bonchev–Trinajstić information content (AvgIpc) is 3.08. The van der Waals surface area contributed by atoms with Gasteiger partial charge in [0.05, 0.1) is 10.5 Å². The summed E-state index contributed by atoms with van der Waals surface area (Å²) in [4.78, 5) is 62.3. The van der Waals surface area contributed by atoms with Crippen LogP contribution in [0.1, 0.15) is 39.1 Å². The van der Waals surface area contributed by atoms with Crippen LogP contribution in [-0.4, -0.2) is 64.7 Å². The molecule has 0 unspecified atom stereocenters. The van der Waals surface area contributed by atoms with Gasteiger partial charge in [-0.1, -0.05) is 36.4 Å². The first kappa shape index (κ1) is 23.1. The second kappa shape index (κ2) is 9.82. The second-order valence-corrected chi connectivity index (χ2v) is 8.33. The zero-order valence-corrected chi connectivity index (χ0v) is 18.3. The van der Waals surface area contributed by atoms with Crippen LogP contribution in [0, 0.1) is 16.0 Å². The van der Waals surface area contributed by atoms with E-state index in [1.807, 2.05) is 18.2 Å². The molecule has 10 nitrogen and oxygen atoms in total. The normalized spacial score (nSPS) is 15.9. The maximum atomic E-state index is 12.5. The molecular weight excluding hydrogens is 442 g/mol. The largest absolute Gasteiger partial charge is 0.454 e. The molecule has 0 bridgehead atoms. The lowest BCUT2D eigenvalue weighted by atomic mass is 9.90. The predicted octanol–water partition coefficient (Wildman–Crippen LogP) is 2.22. The van der Waals surface area contributed by atoms with Gasteiger partial charge in [-0.3, -0.25) is 34.2 Å². The molecule has 1 fully saturated rings. The fourth-order valence-corrected chi connectivity index (χ4v) is 4.35. The van der Waals surface area contributed by atoms with Gasteiger partial charge in [0.1, 0.15) is 12.1 Å². The fourth-order valence-electron chi connectivity index (χ4n) is 4.35. The van der Waals surface area contributed by atoms with E-state index in [-0.39, 0.29) is 17.0 Å². The third-order valence-electron chi connectivity index (χ3n) is 6.15. The van der Waals surface area contributed by atoms with Crippen molar-refractivity contribution in [3.63, 3.8) is 0 Å². The van der Waals surface area contributed by atoms with Crippen LogP contribution in [0.5, 0.6) is 0 Å². The van der Waals surface area contributed by atoms with Crippen LogP contribution in [-0.2, 0) is 20.7 Å². The van der Waals surface area contributed by atoms with Crippen molar-refractivity contribution in [1.29, 1.82) is 0 Å². The summed E-state index contributed by atoms with van der Waals surface area (Å²) in [5.74, 6) is -2.55. The first-order valence-corrected chi connectivity index (χ1v) is 11.0. The first-order valence-electron chi connectivity index (χ1n) is 11.0. The topological polar surface area (TPSA) is 127 Å². The van der Waals surface area contributed by atoms with Crippen molar-refractivity contribution in [3.05, 3.63) is 75.3 Å². The minimum atomic E-state index is -0.940. The molecule has 4 rings (SSSR count). The zero-order valence-electron chi connectivity index (χ0n) is 18.3. The smallest absolute Gasteiger partial charge is 0.326 e. The van der Waals surface area contributed by atoms with Gasteiger partial charge in [0.25, 0.3) is 23.4 Å². The number of amides is 3. The van der Waals surface area contributed by atoms with Crippen molar-refractivity contribution in [2.45, 2.75) is 19.3 Å². The third-order valence-corrected chi connectivity index (χ3v) is 6.15. The lowest BCUT2D eigenvalue weighted by molar-refractivity contribution is -0.385. The van der Waals surface area contributed by atoms with Gasteiger partial charge >= 0.3 is 5.97 Å². The number of imide groups is 1. The van der Waals surface area contributed by atoms with Crippen LogP contribution >= 0.6 is 0 Å². The molecule has 0 aliphatic carbocycles. The molecule has 176 valence electrons. The van der Waals surface area contributed by atoms with E-state index in [1.54, 1.807) is 4.90 Å². The molecule has 0 spiro atoms. The summed E-state index contributed by atoms with van der Waals surface area (Å²) in [7, 11) is 0. The predicted molar refractivity (Wildman–Crippen MR) is 119 cm³/mol. The standard InChI is InChI=1S/C24H23N3O7/c28-20(25-11-9-17(10-12-25)13-16-5-2-1-3-6-16)15-34-21(29)14-26-23(30)18-7-4-8-19(27(32)33)22(18)24(26)31/h1-8,17H,9-15H2. The first-order chi connectivity index (χ1) is 16.3. The Hall–Kier alpha value is -4.08. The molecule has 2 aliphatic rings. The summed E-state index contributed by atoms with van der Waals surface area (Å²) in [5, 5.41) is 11.2. The molecule has 0 N–H and O–H groups in total. The van der Waals surface area contributed by atoms with E-state index in [0.29, 0.717) is 23.9 Å². The van der Waals surface area contributed by atoms with Crippen molar-refractivity contribution < 1.29 is 28.8 Å². The maximum absolute atomic E-state index is 12.5. The molecular formula is C24H23N3O7. The minimum absolute atomic E-state index is 0.138. The van der Waals surface area contributed by atoms with Crippen LogP contribution in [0.3, 0.4) is 0 Å². The van der Waals surface area contributed by atoms with Gasteiger partial charge in [-0.05, 0) is 36.8 Å². The van der Waals surface area contributed by atoms with Gasteiger partial charge in [-0.2, -0.15) is 0 Å². The molecule has 0 saturated carbocycles. The Labute approximate surface area is 195 Å². The van der Waals surface area contributed by atoms with Crippen LogP contribution in [0.4, 0.5) is 5.69 Å². The number of rotatable bonds is 7. The van der Waals surface area contributed by atoms with Crippen molar-refractivity contribution in [2.75, 3.05) is 26.2 Å². The summed E-state index contributed by atoms with van der Waals surface area (Å²) in [6.45, 7) is -0.0899. The average molecular weight is 465 g/mol. The summed E-state index contributed by atoms with van der Waals surface area (Å²) < 4.78 is 5.00. The summed E-state index contributed by atoms with van der Waals surface area (Å²) in [6.07, 6.45) is 2.65. The van der Waals surface area contributed by atoms with E-state index in [2.05, 4.69) is 12.1 Å². The Morgan fingerprint density at radius 2 is 1.71 bits per heavy atom. The highest BCUT2D eigenvalue weighted by atomic mass is 16.6. The number of nitrogens with zero attached hydrogens (tertiary/aromatic N) is 3. The van der Waals surface area contributed by atoms with Gasteiger partial charge < -0.3 is 9.64 Å². The molecule has 2 heterocycles. The van der Waals surface area contributed by atoms with Crippen LogP contribution in [0.15, 0.2) is 48.5 Å². The molecule has 2 aromatic rings. The third kappa shape index (κ3) is 4.80. The number of esters is 1. The molecule has 2 aromatic carbocycles. The number of ether oxygens (including phenoxy) is 1. The lowest BCUT2D eigenvalue weighted by Gasteiger charge is -2.32. The number of hydrogen-bond acceptors (Lipinski definition) is 7. The molecule has 34 heavy (non-hydrogen) atoms. The number of carbonyl (C=O) groups excluding carboxylic acids is 4. The molecule has 2 aliphatic heterocycles. The van der Waals surface area contributed by atoms with E-state index >= 15 is 0 Å². The van der Waals surface area contributed by atoms with E-state index in [1.165, 1.54) is 17.7 Å². The van der Waals surface area contributed by atoms with Gasteiger partial charge in [0.2, 0.25) is 0 Å². The Bertz CT molecular complexity index is 1140. The highest BCUT2D eigenvalue weighted by Crippen LogP contribution is 2.30. The minimum Gasteiger partial charge on any atom is -0.454 e. The van der Waals surface area contributed by atoms with E-state index in [0.717, 1.165) is 25.3 Å². The lowest BCUT2D eigenvalue weighted by Crippen LogP contribution is -2.42. The van der Waals surface area contributed by atoms with Crippen LogP contribution < -0.4 is 0 Å². The maximum Gasteiger partial charge on any atom is 0.326 e. The zero-order chi connectivity index (χ0) is 24.2. The highest BCUT2D eigenvalue weighted by molar-refractivity contribution is 6.24. The van der Waals surface area contributed by atoms with Crippen LogP contribution in [0.25, 0.3) is 0 Å². The number of nitro benzene ring substituents is 1. The van der Waals surface area contributed by atoms with Gasteiger partial charge in [0, 0.05) is 19.2 Å². The molecule has 1 saturated heterocycles. The van der Waals surface area contributed by atoms with Gasteiger partial charge in [-0.15, -0.1) is 0 Å². The number of likely N-dealkylation sites (tertiary alicyclic amines) is 1. The Kier molecular flexibility index (Phi) is 6.67. The van der Waals surface area contributed by atoms with E-state index < -0.39 is 41.5 Å². The highest BCUT2D eigenvalue weighted by Gasteiger charge is 2.42. The quantitative estimate of drug-likeness (QED) is 0.265. The molecule has 10 heteroatoms. The van der Waals surface area contributed by atoms with Gasteiger partial charge in [0.15, 0.2) is 6.61 Å². The number of fused-ring (bicyclic) bond motifs is 1. The molecule has 0 atom stereocenters. The summed E-state index contributed by atoms with van der Waals surface area (Å²) in [6, 6.07) is 13.9. The summed E-state index contributed by atoms with van der Waals surface area (Å²) >= 11 is 0. The number of piperidine rings is 1. The van der Waals surface area contributed by atoms with E-state index in [9.17, 15) is 29.3 Å². The summed E-state index contributed by atoms with van der Waals surface area (Å²) in [5.41, 5.74) is 0.276. The van der Waals surface area contributed by atoms with Crippen molar-refractivity contribution in [1.82, 2.24) is 9.80 Å². The number of carbonyl (C=O) groups is 4. The monoisotopic (exact) mass is 465 g/mol. The molecule has 0 aromatic heterocycles. The Balaban J connectivity index is 1.26. The van der Waals surface area contributed by atoms with Crippen LogP contribution in [0.2, 0.25) is 0 Å². The molecule has 0 radical (unpaired) electrons. The van der Waals surface area contributed by atoms with Crippen molar-refractivity contribution in [2.24, 2.45) is 5.92 Å². The second-order valence-electron chi connectivity index (χ2n) is 8.33. The fraction of sp³-hybridized carbons (Fsp3) is 0.333. The SMILES string of the molecule is O=C(CN1C(=O)c2cccc([N+](=O)[O-])c2C1=O)OCC(=O)N1CCC(Cc2ccccc2)CC1. The number of hydrogen-bond donors (Lipinski definition) is 0. The van der Waals surface area contributed by atoms with Crippen molar-refractivity contribution >= 4 is 29.4 Å².